The van der Waals surface area contributed by atoms with Crippen molar-refractivity contribution in [1.82, 2.24) is 10.2 Å². The first-order valence-electron chi connectivity index (χ1n) is 11.3. The van der Waals surface area contributed by atoms with E-state index in [4.69, 9.17) is 4.74 Å². The number of nitrogens with zero attached hydrogens (tertiary/aromatic N) is 2. The number of amides is 4. The van der Waals surface area contributed by atoms with Crippen molar-refractivity contribution in [3.63, 3.8) is 0 Å². The highest BCUT2D eigenvalue weighted by Gasteiger charge is 2.55. The number of ether oxygens (including phenoxy) is 1. The van der Waals surface area contributed by atoms with Crippen LogP contribution in [-0.2, 0) is 32.5 Å². The molecule has 5 rings (SSSR count). The normalized spacial score (nSPS) is 21.9. The third-order valence-electron chi connectivity index (χ3n) is 6.67. The summed E-state index contributed by atoms with van der Waals surface area (Å²) in [4.78, 5) is 41.5. The minimum absolute atomic E-state index is 0.0419. The Bertz CT molecular complexity index is 1200. The van der Waals surface area contributed by atoms with Crippen LogP contribution in [0.2, 0.25) is 0 Å². The van der Waals surface area contributed by atoms with E-state index in [0.29, 0.717) is 50.4 Å². The van der Waals surface area contributed by atoms with Gasteiger partial charge in [-0.3, -0.25) is 14.5 Å². The van der Waals surface area contributed by atoms with E-state index in [9.17, 15) is 27.6 Å². The van der Waals surface area contributed by atoms with Gasteiger partial charge in [-0.1, -0.05) is 24.3 Å². The first-order chi connectivity index (χ1) is 16.7. The van der Waals surface area contributed by atoms with Crippen molar-refractivity contribution < 1.29 is 32.3 Å². The maximum absolute atomic E-state index is 13.3. The zero-order valence-electron chi connectivity index (χ0n) is 18.7. The van der Waals surface area contributed by atoms with Crippen molar-refractivity contribution in [3.05, 3.63) is 59.2 Å². The number of imide groups is 1. The number of halogens is 3. The van der Waals surface area contributed by atoms with Crippen LogP contribution >= 0.6 is 0 Å². The van der Waals surface area contributed by atoms with Crippen molar-refractivity contribution >= 4 is 29.2 Å². The number of aryl methyl sites for hydroxylation is 1. The summed E-state index contributed by atoms with van der Waals surface area (Å²) in [5.74, 6) is -1.31. The van der Waals surface area contributed by atoms with Gasteiger partial charge in [-0.25, -0.2) is 4.79 Å². The van der Waals surface area contributed by atoms with Crippen LogP contribution in [0.1, 0.15) is 23.1 Å². The molecule has 2 N–H and O–H groups in total. The summed E-state index contributed by atoms with van der Waals surface area (Å²) in [5.41, 5.74) is -0.113. The Labute approximate surface area is 199 Å². The lowest BCUT2D eigenvalue weighted by Gasteiger charge is -2.31. The Hall–Kier alpha value is -3.60. The minimum atomic E-state index is -4.60. The van der Waals surface area contributed by atoms with Crippen LogP contribution in [0.4, 0.5) is 29.3 Å². The van der Waals surface area contributed by atoms with Gasteiger partial charge in [0.2, 0.25) is 5.91 Å². The zero-order valence-corrected chi connectivity index (χ0v) is 18.7. The second-order valence-corrected chi connectivity index (χ2v) is 8.76. The molecular weight excluding hydrogens is 465 g/mol. The summed E-state index contributed by atoms with van der Waals surface area (Å²) in [7, 11) is 0. The van der Waals surface area contributed by atoms with Gasteiger partial charge in [-0.05, 0) is 42.2 Å². The second kappa shape index (κ2) is 8.56. The number of carbonyl (C=O) groups is 3. The Morgan fingerprint density at radius 3 is 2.60 bits per heavy atom. The van der Waals surface area contributed by atoms with Crippen LogP contribution in [-0.4, -0.2) is 55.6 Å². The largest absolute Gasteiger partial charge is 0.416 e. The number of anilines is 2. The van der Waals surface area contributed by atoms with Crippen LogP contribution in [0.3, 0.4) is 0 Å². The molecule has 11 heteroatoms. The lowest BCUT2D eigenvalue weighted by atomic mass is 9.92. The average Bonchev–Trinajstić information content (AvgIpc) is 3.32. The summed E-state index contributed by atoms with van der Waals surface area (Å²) in [5, 5.41) is 5.22. The molecule has 2 aliphatic heterocycles. The van der Waals surface area contributed by atoms with Crippen molar-refractivity contribution in [2.24, 2.45) is 0 Å². The minimum Gasteiger partial charge on any atom is -0.378 e. The maximum Gasteiger partial charge on any atom is 0.416 e. The standard InChI is InChI=1S/C24H23F3N4O4/c25-24(26,27)16-5-6-19(30-9-11-35-12-10-30)18(13-16)28-20(32)14-31-21(33)23(29-22(31)34)8-7-15-3-1-2-4-17(15)23/h1-6,13H,7-12,14H2,(H,28,32)(H,29,34)/t23-/m0/s1. The fourth-order valence-corrected chi connectivity index (χ4v) is 4.96. The Morgan fingerprint density at radius 1 is 1.11 bits per heavy atom. The SMILES string of the molecule is O=C(CN1C(=O)N[C@]2(CCc3ccccc32)C1=O)Nc1cc(C(F)(F)F)ccc1N1CCOCC1. The number of morpholine rings is 1. The third-order valence-corrected chi connectivity index (χ3v) is 6.67. The van der Waals surface area contributed by atoms with E-state index in [0.717, 1.165) is 22.6 Å². The molecule has 184 valence electrons. The van der Waals surface area contributed by atoms with Crippen LogP contribution in [0.5, 0.6) is 0 Å². The second-order valence-electron chi connectivity index (χ2n) is 8.76. The summed E-state index contributed by atoms with van der Waals surface area (Å²) in [6, 6.07) is 9.72. The Kier molecular flexibility index (Phi) is 5.66. The molecule has 0 saturated carbocycles. The van der Waals surface area contributed by atoms with Gasteiger partial charge < -0.3 is 20.3 Å². The molecule has 4 amide bonds. The average molecular weight is 488 g/mol. The molecule has 3 aliphatic rings. The summed E-state index contributed by atoms with van der Waals surface area (Å²) >= 11 is 0. The lowest BCUT2D eigenvalue weighted by molar-refractivity contribution is -0.137. The van der Waals surface area contributed by atoms with Gasteiger partial charge in [0.15, 0.2) is 0 Å². The summed E-state index contributed by atoms with van der Waals surface area (Å²) in [6.07, 6.45) is -3.62. The molecule has 0 bridgehead atoms. The van der Waals surface area contributed by atoms with Gasteiger partial charge in [-0.15, -0.1) is 0 Å². The van der Waals surface area contributed by atoms with E-state index >= 15 is 0 Å². The number of benzene rings is 2. The highest BCUT2D eigenvalue weighted by Crippen LogP contribution is 2.41. The maximum atomic E-state index is 13.3. The van der Waals surface area contributed by atoms with Crippen LogP contribution in [0.15, 0.2) is 42.5 Å². The van der Waals surface area contributed by atoms with E-state index in [1.807, 2.05) is 17.0 Å². The quantitative estimate of drug-likeness (QED) is 0.646. The number of carbonyl (C=O) groups excluding carboxylic acids is 3. The monoisotopic (exact) mass is 488 g/mol. The van der Waals surface area contributed by atoms with Crippen molar-refractivity contribution in [2.45, 2.75) is 24.6 Å². The third kappa shape index (κ3) is 4.09. The van der Waals surface area contributed by atoms with Gasteiger partial charge >= 0.3 is 12.2 Å². The van der Waals surface area contributed by atoms with Crippen molar-refractivity contribution in [2.75, 3.05) is 43.1 Å². The highest BCUT2D eigenvalue weighted by molar-refractivity contribution is 6.11. The van der Waals surface area contributed by atoms with E-state index < -0.39 is 41.7 Å². The van der Waals surface area contributed by atoms with E-state index in [1.54, 1.807) is 12.1 Å². The number of urea groups is 1. The summed E-state index contributed by atoms with van der Waals surface area (Å²) in [6.45, 7) is 1.08. The molecule has 35 heavy (non-hydrogen) atoms. The molecule has 1 spiro atoms. The molecule has 2 aromatic rings. The predicted octanol–water partition coefficient (Wildman–Crippen LogP) is 2.87. The number of alkyl halides is 3. The molecule has 2 heterocycles. The van der Waals surface area contributed by atoms with Crippen LogP contribution < -0.4 is 15.5 Å². The van der Waals surface area contributed by atoms with Gasteiger partial charge in [-0.2, -0.15) is 13.2 Å². The molecule has 2 saturated heterocycles. The van der Waals surface area contributed by atoms with Gasteiger partial charge in [0.1, 0.15) is 12.1 Å². The van der Waals surface area contributed by atoms with Crippen LogP contribution in [0.25, 0.3) is 0 Å². The topological polar surface area (TPSA) is 91.0 Å². The van der Waals surface area contributed by atoms with E-state index in [2.05, 4.69) is 10.6 Å². The lowest BCUT2D eigenvalue weighted by Crippen LogP contribution is -2.43. The van der Waals surface area contributed by atoms with Crippen molar-refractivity contribution in [3.8, 4) is 0 Å². The van der Waals surface area contributed by atoms with Gasteiger partial charge in [0, 0.05) is 13.1 Å². The molecule has 1 aliphatic carbocycles. The zero-order chi connectivity index (χ0) is 24.8. The molecule has 2 fully saturated rings. The fourth-order valence-electron chi connectivity index (χ4n) is 4.96. The fraction of sp³-hybridized carbons (Fsp3) is 0.375. The Morgan fingerprint density at radius 2 is 1.86 bits per heavy atom. The highest BCUT2D eigenvalue weighted by atomic mass is 19.4. The van der Waals surface area contributed by atoms with E-state index in [-0.39, 0.29) is 5.69 Å². The molecular formula is C24H23F3N4O4. The first kappa shape index (κ1) is 23.2. The van der Waals surface area contributed by atoms with Crippen LogP contribution in [0, 0.1) is 0 Å². The molecule has 2 aromatic carbocycles. The number of rotatable bonds is 4. The number of hydrogen-bond donors (Lipinski definition) is 2. The number of nitrogens with one attached hydrogen (secondary N) is 2. The predicted molar refractivity (Wildman–Crippen MR) is 120 cm³/mol. The molecule has 0 radical (unpaired) electrons. The van der Waals surface area contributed by atoms with Crippen molar-refractivity contribution in [1.29, 1.82) is 0 Å². The number of hydrogen-bond acceptors (Lipinski definition) is 5. The first-order valence-corrected chi connectivity index (χ1v) is 11.3. The smallest absolute Gasteiger partial charge is 0.378 e. The molecule has 1 atom stereocenters. The molecule has 8 nitrogen and oxygen atoms in total. The van der Waals surface area contributed by atoms with E-state index in [1.165, 1.54) is 6.07 Å². The molecule has 0 unspecified atom stereocenters. The number of fused-ring (bicyclic) bond motifs is 2. The summed E-state index contributed by atoms with van der Waals surface area (Å²) < 4.78 is 45.3. The van der Waals surface area contributed by atoms with Gasteiger partial charge in [0.05, 0.1) is 30.2 Å². The Balaban J connectivity index is 1.37. The van der Waals surface area contributed by atoms with Gasteiger partial charge in [0.25, 0.3) is 5.91 Å². The molecule has 0 aromatic heterocycles.